The third-order valence-electron chi connectivity index (χ3n) is 2.08. The highest BCUT2D eigenvalue weighted by atomic mass is 16.1. The van der Waals surface area contributed by atoms with Crippen LogP contribution in [0.5, 0.6) is 0 Å². The molecule has 2 aromatic rings. The number of hydrogen-bond acceptors (Lipinski definition) is 4. The molecule has 1 heterocycles. The third kappa shape index (κ3) is 1.36. The summed E-state index contributed by atoms with van der Waals surface area (Å²) in [6.45, 7) is 0.0153. The van der Waals surface area contributed by atoms with Gasteiger partial charge in [-0.2, -0.15) is 10.2 Å². The van der Waals surface area contributed by atoms with Crippen molar-refractivity contribution in [2.24, 2.45) is 5.73 Å². The Morgan fingerprint density at radius 1 is 1.29 bits per heavy atom. The average molecular weight is 187 g/mol. The molecule has 0 atom stereocenters. The lowest BCUT2D eigenvalue weighted by molar-refractivity contribution is 0.100. The van der Waals surface area contributed by atoms with Crippen molar-refractivity contribution in [3.05, 3.63) is 36.2 Å². The van der Waals surface area contributed by atoms with E-state index in [2.05, 4.69) is 10.2 Å². The number of fused-ring (bicyclic) bond motifs is 1. The Morgan fingerprint density at radius 3 is 2.86 bits per heavy atom. The summed E-state index contributed by atoms with van der Waals surface area (Å²) in [6.07, 6.45) is 3.21. The normalized spacial score (nSPS) is 10.4. The van der Waals surface area contributed by atoms with E-state index in [1.165, 1.54) is 0 Å². The van der Waals surface area contributed by atoms with Crippen LogP contribution in [0.3, 0.4) is 0 Å². The number of benzene rings is 1. The first-order chi connectivity index (χ1) is 6.83. The van der Waals surface area contributed by atoms with Crippen LogP contribution in [0.1, 0.15) is 10.4 Å². The van der Waals surface area contributed by atoms with Gasteiger partial charge < -0.3 is 5.73 Å². The number of nitrogens with two attached hydrogens (primary N) is 1. The molecule has 0 aliphatic carbocycles. The van der Waals surface area contributed by atoms with Crippen LogP contribution < -0.4 is 5.73 Å². The van der Waals surface area contributed by atoms with Gasteiger partial charge in [0.1, 0.15) is 0 Å². The largest absolute Gasteiger partial charge is 0.324 e. The van der Waals surface area contributed by atoms with Crippen molar-refractivity contribution >= 4 is 16.6 Å². The van der Waals surface area contributed by atoms with Gasteiger partial charge in [0.25, 0.3) is 0 Å². The second-order valence-electron chi connectivity index (χ2n) is 2.92. The lowest BCUT2D eigenvalue weighted by Gasteiger charge is -2.02. The number of aromatic nitrogens is 2. The average Bonchev–Trinajstić information content (AvgIpc) is 2.27. The number of rotatable bonds is 2. The lowest BCUT2D eigenvalue weighted by atomic mass is 10.0. The summed E-state index contributed by atoms with van der Waals surface area (Å²) in [5.74, 6) is -0.0800. The maximum atomic E-state index is 11.5. The fourth-order valence-electron chi connectivity index (χ4n) is 1.38. The Morgan fingerprint density at radius 2 is 2.07 bits per heavy atom. The van der Waals surface area contributed by atoms with Gasteiger partial charge in [0.05, 0.1) is 18.9 Å². The molecule has 70 valence electrons. The highest BCUT2D eigenvalue weighted by molar-refractivity contribution is 6.08. The summed E-state index contributed by atoms with van der Waals surface area (Å²) in [7, 11) is 0. The molecule has 4 heteroatoms. The topological polar surface area (TPSA) is 68.9 Å². The van der Waals surface area contributed by atoms with E-state index in [-0.39, 0.29) is 12.3 Å². The van der Waals surface area contributed by atoms with Crippen LogP contribution in [0.25, 0.3) is 10.8 Å². The van der Waals surface area contributed by atoms with Gasteiger partial charge in [-0.1, -0.05) is 18.2 Å². The van der Waals surface area contributed by atoms with E-state index in [0.717, 1.165) is 10.8 Å². The first-order valence-electron chi connectivity index (χ1n) is 4.25. The molecule has 0 amide bonds. The van der Waals surface area contributed by atoms with Crippen molar-refractivity contribution < 1.29 is 4.79 Å². The highest BCUT2D eigenvalue weighted by Gasteiger charge is 2.07. The summed E-state index contributed by atoms with van der Waals surface area (Å²) in [5.41, 5.74) is 5.92. The van der Waals surface area contributed by atoms with Crippen LogP contribution in [0, 0.1) is 0 Å². The van der Waals surface area contributed by atoms with Crippen LogP contribution in [0.15, 0.2) is 30.6 Å². The monoisotopic (exact) mass is 187 g/mol. The molecule has 0 aliphatic rings. The Bertz CT molecular complexity index is 476. The molecule has 0 bridgehead atoms. The maximum Gasteiger partial charge on any atom is 0.177 e. The van der Waals surface area contributed by atoms with Crippen molar-refractivity contribution in [2.75, 3.05) is 6.54 Å². The smallest absolute Gasteiger partial charge is 0.177 e. The highest BCUT2D eigenvalue weighted by Crippen LogP contribution is 2.16. The Labute approximate surface area is 80.8 Å². The summed E-state index contributed by atoms with van der Waals surface area (Å²) in [5, 5.41) is 9.20. The quantitative estimate of drug-likeness (QED) is 0.705. The molecule has 0 aliphatic heterocycles. The van der Waals surface area contributed by atoms with Gasteiger partial charge in [-0.05, 0) is 0 Å². The van der Waals surface area contributed by atoms with E-state index < -0.39 is 0 Å². The summed E-state index contributed by atoms with van der Waals surface area (Å²) >= 11 is 0. The van der Waals surface area contributed by atoms with Gasteiger partial charge in [-0.25, -0.2) is 0 Å². The number of ketones is 1. The van der Waals surface area contributed by atoms with Crippen LogP contribution in [0.2, 0.25) is 0 Å². The second-order valence-corrected chi connectivity index (χ2v) is 2.92. The van der Waals surface area contributed by atoms with Crippen LogP contribution >= 0.6 is 0 Å². The van der Waals surface area contributed by atoms with Crippen LogP contribution in [-0.4, -0.2) is 22.5 Å². The zero-order chi connectivity index (χ0) is 9.97. The first kappa shape index (κ1) is 8.77. The third-order valence-corrected chi connectivity index (χ3v) is 2.08. The molecule has 1 aromatic carbocycles. The van der Waals surface area contributed by atoms with E-state index in [1.807, 2.05) is 12.1 Å². The predicted octanol–water partition coefficient (Wildman–Crippen LogP) is 0.771. The van der Waals surface area contributed by atoms with Crippen LogP contribution in [-0.2, 0) is 0 Å². The molecule has 0 spiro atoms. The number of Topliss-reactive ketones (excluding diaryl/α,β-unsaturated/α-hetero) is 1. The molecular weight excluding hydrogens is 178 g/mol. The molecule has 0 unspecified atom stereocenters. The molecule has 2 rings (SSSR count). The van der Waals surface area contributed by atoms with Gasteiger partial charge in [0.2, 0.25) is 0 Å². The van der Waals surface area contributed by atoms with E-state index in [0.29, 0.717) is 5.56 Å². The molecule has 0 saturated carbocycles. The van der Waals surface area contributed by atoms with E-state index in [4.69, 9.17) is 5.73 Å². The first-order valence-corrected chi connectivity index (χ1v) is 4.25. The maximum absolute atomic E-state index is 11.5. The molecule has 2 N–H and O–H groups in total. The zero-order valence-corrected chi connectivity index (χ0v) is 7.47. The number of carbonyl (C=O) groups is 1. The summed E-state index contributed by atoms with van der Waals surface area (Å²) in [4.78, 5) is 11.5. The molecule has 0 saturated heterocycles. The molecule has 4 nitrogen and oxygen atoms in total. The van der Waals surface area contributed by atoms with E-state index in [1.54, 1.807) is 18.5 Å². The summed E-state index contributed by atoms with van der Waals surface area (Å²) in [6, 6.07) is 5.45. The van der Waals surface area contributed by atoms with Gasteiger partial charge in [-0.3, -0.25) is 4.79 Å². The number of nitrogens with zero attached hydrogens (tertiary/aromatic N) is 2. The van der Waals surface area contributed by atoms with Crippen molar-refractivity contribution in [1.82, 2.24) is 10.2 Å². The summed E-state index contributed by atoms with van der Waals surface area (Å²) < 4.78 is 0. The Kier molecular flexibility index (Phi) is 2.20. The predicted molar refractivity (Wildman–Crippen MR) is 52.9 cm³/mol. The van der Waals surface area contributed by atoms with Crippen molar-refractivity contribution in [2.45, 2.75) is 0 Å². The zero-order valence-electron chi connectivity index (χ0n) is 7.47. The number of carbonyl (C=O) groups excluding carboxylic acids is 1. The van der Waals surface area contributed by atoms with Gasteiger partial charge in [0, 0.05) is 16.3 Å². The van der Waals surface area contributed by atoms with Gasteiger partial charge in [-0.15, -0.1) is 0 Å². The van der Waals surface area contributed by atoms with Gasteiger partial charge in [0.15, 0.2) is 5.78 Å². The second kappa shape index (κ2) is 3.51. The van der Waals surface area contributed by atoms with E-state index >= 15 is 0 Å². The molecular formula is C10H9N3O. The van der Waals surface area contributed by atoms with Crippen molar-refractivity contribution in [1.29, 1.82) is 0 Å². The minimum atomic E-state index is -0.0800. The van der Waals surface area contributed by atoms with Crippen molar-refractivity contribution in [3.63, 3.8) is 0 Å². The van der Waals surface area contributed by atoms with E-state index in [9.17, 15) is 4.79 Å². The Balaban J connectivity index is 2.71. The minimum Gasteiger partial charge on any atom is -0.324 e. The molecule has 0 fully saturated rings. The molecule has 14 heavy (non-hydrogen) atoms. The lowest BCUT2D eigenvalue weighted by Crippen LogP contribution is -2.13. The standard InChI is InChI=1S/C10H9N3O/c11-4-10(14)8-3-1-2-7-5-12-13-6-9(7)8/h1-3,5-6H,4,11H2. The fraction of sp³-hybridized carbons (Fsp3) is 0.100. The van der Waals surface area contributed by atoms with Crippen LogP contribution in [0.4, 0.5) is 0 Å². The van der Waals surface area contributed by atoms with Crippen molar-refractivity contribution in [3.8, 4) is 0 Å². The minimum absolute atomic E-state index is 0.0153. The fourth-order valence-corrected chi connectivity index (χ4v) is 1.38. The Hall–Kier alpha value is -1.81. The number of hydrogen-bond donors (Lipinski definition) is 1. The molecule has 1 aromatic heterocycles. The SMILES string of the molecule is NCC(=O)c1cccc2cnncc12. The van der Waals surface area contributed by atoms with Gasteiger partial charge >= 0.3 is 0 Å². The molecule has 0 radical (unpaired) electrons.